The SMILES string of the molecule is C[C@@H]1CN(C(=O)CN2C(=O)c3c(Cl)c(Cl)c(Cl)c(Cl)c3C2=O)CCO1. The summed E-state index contributed by atoms with van der Waals surface area (Å²) in [5.74, 6) is -1.81. The maximum absolute atomic E-state index is 12.6. The van der Waals surface area contributed by atoms with Crippen molar-refractivity contribution >= 4 is 64.1 Å². The number of carbonyl (C=O) groups is 3. The van der Waals surface area contributed by atoms with E-state index in [1.807, 2.05) is 6.92 Å². The summed E-state index contributed by atoms with van der Waals surface area (Å²) in [6.07, 6.45) is -0.110. The van der Waals surface area contributed by atoms with Gasteiger partial charge in [0.15, 0.2) is 0 Å². The molecule has 0 N–H and O–H groups in total. The largest absolute Gasteiger partial charge is 0.375 e. The number of hydrogen-bond acceptors (Lipinski definition) is 4. The molecule has 1 aromatic carbocycles. The predicted octanol–water partition coefficient (Wildman–Crippen LogP) is 3.14. The van der Waals surface area contributed by atoms with Crippen molar-refractivity contribution in [3.8, 4) is 0 Å². The Bertz CT molecular complexity index is 751. The first-order valence-corrected chi connectivity index (χ1v) is 8.86. The third kappa shape index (κ3) is 3.11. The molecule has 6 nitrogen and oxygen atoms in total. The van der Waals surface area contributed by atoms with Crippen LogP contribution in [0.1, 0.15) is 27.6 Å². The first-order valence-electron chi connectivity index (χ1n) is 7.35. The number of morpholine rings is 1. The summed E-state index contributed by atoms with van der Waals surface area (Å²) in [6.45, 7) is 2.61. The van der Waals surface area contributed by atoms with E-state index in [0.717, 1.165) is 4.90 Å². The van der Waals surface area contributed by atoms with E-state index in [9.17, 15) is 14.4 Å². The van der Waals surface area contributed by atoms with Crippen LogP contribution in [0.5, 0.6) is 0 Å². The smallest absolute Gasteiger partial charge is 0.263 e. The van der Waals surface area contributed by atoms with Crippen LogP contribution in [0.15, 0.2) is 0 Å². The standard InChI is InChI=1S/C15H12Cl4N2O4/c1-6-4-20(2-3-25-6)7(22)5-21-14(23)8-9(15(21)24)11(17)13(19)12(18)10(8)16/h6H,2-5H2,1H3/t6-/m1/s1. The van der Waals surface area contributed by atoms with Crippen LogP contribution >= 0.6 is 46.4 Å². The molecule has 0 aromatic heterocycles. The summed E-state index contributed by atoms with van der Waals surface area (Å²) in [5.41, 5.74) is -0.261. The molecule has 1 saturated heterocycles. The number of imide groups is 1. The zero-order chi connectivity index (χ0) is 18.5. The van der Waals surface area contributed by atoms with Gasteiger partial charge in [-0.3, -0.25) is 19.3 Å². The van der Waals surface area contributed by atoms with Gasteiger partial charge in [0.2, 0.25) is 5.91 Å². The minimum atomic E-state index is -0.722. The third-order valence-corrected chi connectivity index (χ3v) is 5.87. The molecule has 1 atom stereocenters. The fourth-order valence-corrected chi connectivity index (χ4v) is 3.83. The van der Waals surface area contributed by atoms with E-state index in [-0.39, 0.29) is 43.2 Å². The average molecular weight is 426 g/mol. The van der Waals surface area contributed by atoms with E-state index in [0.29, 0.717) is 19.7 Å². The molecule has 2 heterocycles. The summed E-state index contributed by atoms with van der Waals surface area (Å²) in [7, 11) is 0. The van der Waals surface area contributed by atoms with Gasteiger partial charge in [-0.2, -0.15) is 0 Å². The molecule has 0 radical (unpaired) electrons. The number of hydrogen-bond donors (Lipinski definition) is 0. The van der Waals surface area contributed by atoms with Crippen molar-refractivity contribution in [2.45, 2.75) is 13.0 Å². The minimum absolute atomic E-state index is 0.108. The number of ether oxygens (including phenoxy) is 1. The molecule has 3 amide bonds. The summed E-state index contributed by atoms with van der Waals surface area (Å²) in [4.78, 5) is 40.0. The lowest BCUT2D eigenvalue weighted by Gasteiger charge is -2.32. The maximum Gasteiger partial charge on any atom is 0.263 e. The van der Waals surface area contributed by atoms with Gasteiger partial charge in [-0.15, -0.1) is 0 Å². The average Bonchev–Trinajstić information content (AvgIpc) is 2.82. The maximum atomic E-state index is 12.6. The lowest BCUT2D eigenvalue weighted by atomic mass is 10.1. The van der Waals surface area contributed by atoms with Crippen molar-refractivity contribution in [3.63, 3.8) is 0 Å². The van der Waals surface area contributed by atoms with E-state index in [4.69, 9.17) is 51.1 Å². The van der Waals surface area contributed by atoms with E-state index < -0.39 is 18.4 Å². The summed E-state index contributed by atoms with van der Waals surface area (Å²) >= 11 is 24.0. The lowest BCUT2D eigenvalue weighted by molar-refractivity contribution is -0.138. The fraction of sp³-hybridized carbons (Fsp3) is 0.400. The quantitative estimate of drug-likeness (QED) is 0.414. The van der Waals surface area contributed by atoms with Crippen molar-refractivity contribution < 1.29 is 19.1 Å². The molecule has 3 rings (SSSR count). The molecule has 0 unspecified atom stereocenters. The number of halogens is 4. The third-order valence-electron chi connectivity index (χ3n) is 4.07. The number of nitrogens with zero attached hydrogens (tertiary/aromatic N) is 2. The molecule has 25 heavy (non-hydrogen) atoms. The highest BCUT2D eigenvalue weighted by Crippen LogP contribution is 2.44. The number of amides is 3. The molecule has 0 saturated carbocycles. The van der Waals surface area contributed by atoms with Crippen LogP contribution in [0.4, 0.5) is 0 Å². The second-order valence-electron chi connectivity index (χ2n) is 5.72. The van der Waals surface area contributed by atoms with Gasteiger partial charge in [0, 0.05) is 13.1 Å². The Kier molecular flexibility index (Phi) is 5.19. The second-order valence-corrected chi connectivity index (χ2v) is 7.24. The van der Waals surface area contributed by atoms with Crippen molar-refractivity contribution in [1.82, 2.24) is 9.80 Å². The normalized spacial score (nSPS) is 20.3. The van der Waals surface area contributed by atoms with Crippen molar-refractivity contribution in [3.05, 3.63) is 31.2 Å². The first-order chi connectivity index (χ1) is 11.7. The Morgan fingerprint density at radius 2 is 1.56 bits per heavy atom. The van der Waals surface area contributed by atoms with Crippen LogP contribution in [0.2, 0.25) is 20.1 Å². The molecule has 134 valence electrons. The van der Waals surface area contributed by atoms with E-state index >= 15 is 0 Å². The Balaban J connectivity index is 1.89. The second kappa shape index (κ2) is 6.93. The minimum Gasteiger partial charge on any atom is -0.375 e. The highest BCUT2D eigenvalue weighted by Gasteiger charge is 2.42. The predicted molar refractivity (Wildman–Crippen MR) is 93.8 cm³/mol. The first kappa shape index (κ1) is 18.7. The molecule has 1 aromatic rings. The molecular weight excluding hydrogens is 414 g/mol. The van der Waals surface area contributed by atoms with Gasteiger partial charge in [0.05, 0.1) is 43.9 Å². The van der Waals surface area contributed by atoms with Gasteiger partial charge in [0.25, 0.3) is 11.8 Å². The van der Waals surface area contributed by atoms with Crippen molar-refractivity contribution in [2.24, 2.45) is 0 Å². The van der Waals surface area contributed by atoms with Gasteiger partial charge in [-0.25, -0.2) is 0 Å². The van der Waals surface area contributed by atoms with E-state index in [1.54, 1.807) is 4.90 Å². The van der Waals surface area contributed by atoms with Crippen LogP contribution in [-0.2, 0) is 9.53 Å². The van der Waals surface area contributed by atoms with Gasteiger partial charge < -0.3 is 9.64 Å². The molecule has 0 aliphatic carbocycles. The number of rotatable bonds is 2. The molecule has 2 aliphatic heterocycles. The topological polar surface area (TPSA) is 66.9 Å². The van der Waals surface area contributed by atoms with Gasteiger partial charge in [0.1, 0.15) is 6.54 Å². The van der Waals surface area contributed by atoms with Crippen LogP contribution < -0.4 is 0 Å². The fourth-order valence-electron chi connectivity index (χ4n) is 2.82. The zero-order valence-electron chi connectivity index (χ0n) is 12.9. The number of fused-ring (bicyclic) bond motifs is 1. The van der Waals surface area contributed by atoms with E-state index in [1.165, 1.54) is 0 Å². The summed E-state index contributed by atoms with van der Waals surface area (Å²) in [5, 5.41) is -0.523. The number of benzene rings is 1. The molecule has 0 bridgehead atoms. The van der Waals surface area contributed by atoms with Crippen LogP contribution in [0, 0.1) is 0 Å². The molecule has 0 spiro atoms. The van der Waals surface area contributed by atoms with Crippen LogP contribution in [0.25, 0.3) is 0 Å². The molecular formula is C15H12Cl4N2O4. The Morgan fingerprint density at radius 3 is 2.04 bits per heavy atom. The van der Waals surface area contributed by atoms with Gasteiger partial charge >= 0.3 is 0 Å². The lowest BCUT2D eigenvalue weighted by Crippen LogP contribution is -2.49. The van der Waals surface area contributed by atoms with Gasteiger partial charge in [-0.05, 0) is 6.92 Å². The molecule has 2 aliphatic rings. The Labute approximate surface area is 163 Å². The highest BCUT2D eigenvalue weighted by atomic mass is 35.5. The highest BCUT2D eigenvalue weighted by molar-refractivity contribution is 6.55. The zero-order valence-corrected chi connectivity index (χ0v) is 16.0. The summed E-state index contributed by atoms with van der Waals surface area (Å²) < 4.78 is 5.37. The summed E-state index contributed by atoms with van der Waals surface area (Å²) in [6, 6.07) is 0. The monoisotopic (exact) mass is 424 g/mol. The molecule has 10 heteroatoms. The van der Waals surface area contributed by atoms with Crippen LogP contribution in [-0.4, -0.2) is 59.9 Å². The number of carbonyl (C=O) groups excluding carboxylic acids is 3. The van der Waals surface area contributed by atoms with Gasteiger partial charge in [-0.1, -0.05) is 46.4 Å². The Hall–Kier alpha value is -1.05. The van der Waals surface area contributed by atoms with Crippen molar-refractivity contribution in [1.29, 1.82) is 0 Å². The van der Waals surface area contributed by atoms with E-state index in [2.05, 4.69) is 0 Å². The van der Waals surface area contributed by atoms with Crippen molar-refractivity contribution in [2.75, 3.05) is 26.2 Å². The van der Waals surface area contributed by atoms with Crippen LogP contribution in [0.3, 0.4) is 0 Å². The Morgan fingerprint density at radius 1 is 1.04 bits per heavy atom. The molecule has 1 fully saturated rings.